The second-order valence-corrected chi connectivity index (χ2v) is 7.14. The molecule has 1 saturated heterocycles. The lowest BCUT2D eigenvalue weighted by Gasteiger charge is -2.33. The van der Waals surface area contributed by atoms with Crippen LogP contribution in [0.5, 0.6) is 0 Å². The summed E-state index contributed by atoms with van der Waals surface area (Å²) in [6.45, 7) is 2.36. The van der Waals surface area contributed by atoms with Crippen LogP contribution in [0.2, 0.25) is 5.02 Å². The number of halogens is 1. The first-order valence-electron chi connectivity index (χ1n) is 8.93. The molecule has 1 heterocycles. The number of carbonyl (C=O) groups excluding carboxylic acids is 2. The fraction of sp³-hybridized carbons (Fsp3) is 0.333. The number of nitrogens with one attached hydrogen (secondary N) is 1. The quantitative estimate of drug-likeness (QED) is 0.817. The first kappa shape index (κ1) is 18.6. The number of ketones is 1. The van der Waals surface area contributed by atoms with Gasteiger partial charge in [0.05, 0.1) is 5.56 Å². The Labute approximate surface area is 159 Å². The van der Waals surface area contributed by atoms with Crippen molar-refractivity contribution in [3.05, 3.63) is 70.2 Å². The number of rotatable bonds is 5. The zero-order chi connectivity index (χ0) is 18.5. The Morgan fingerprint density at radius 2 is 1.81 bits per heavy atom. The standard InChI is InChI=1S/C21H23ClN2O2/c1-23-13-15-5-4-12-24(14-15)21(26)19-7-3-2-6-18(19)20(25)16-8-10-17(22)11-9-16/h2-3,6-11,15,23H,4-5,12-14H2,1H3/t15-/m0/s1. The van der Waals surface area contributed by atoms with Gasteiger partial charge in [-0.15, -0.1) is 0 Å². The molecule has 4 nitrogen and oxygen atoms in total. The lowest BCUT2D eigenvalue weighted by molar-refractivity contribution is 0.0671. The maximum Gasteiger partial charge on any atom is 0.254 e. The molecule has 26 heavy (non-hydrogen) atoms. The molecule has 0 saturated carbocycles. The van der Waals surface area contributed by atoms with Crippen LogP contribution in [-0.4, -0.2) is 43.3 Å². The Morgan fingerprint density at radius 1 is 1.12 bits per heavy atom. The van der Waals surface area contributed by atoms with E-state index in [-0.39, 0.29) is 11.7 Å². The van der Waals surface area contributed by atoms with Gasteiger partial charge in [0, 0.05) is 29.2 Å². The highest BCUT2D eigenvalue weighted by Crippen LogP contribution is 2.22. The van der Waals surface area contributed by atoms with Gasteiger partial charge in [-0.3, -0.25) is 9.59 Å². The van der Waals surface area contributed by atoms with Gasteiger partial charge in [-0.2, -0.15) is 0 Å². The second kappa shape index (κ2) is 8.47. The minimum absolute atomic E-state index is 0.0660. The summed E-state index contributed by atoms with van der Waals surface area (Å²) in [4.78, 5) is 27.9. The third-order valence-corrected chi connectivity index (χ3v) is 5.06. The molecule has 1 aliphatic heterocycles. The number of carbonyl (C=O) groups is 2. The van der Waals surface area contributed by atoms with E-state index in [0.717, 1.165) is 32.5 Å². The number of hydrogen-bond donors (Lipinski definition) is 1. The summed E-state index contributed by atoms with van der Waals surface area (Å²) in [6.07, 6.45) is 2.11. The van der Waals surface area contributed by atoms with Gasteiger partial charge in [0.15, 0.2) is 5.78 Å². The van der Waals surface area contributed by atoms with E-state index in [1.54, 1.807) is 48.5 Å². The number of hydrogen-bond acceptors (Lipinski definition) is 3. The van der Waals surface area contributed by atoms with Gasteiger partial charge < -0.3 is 10.2 Å². The first-order valence-corrected chi connectivity index (χ1v) is 9.31. The van der Waals surface area contributed by atoms with Crippen molar-refractivity contribution in [1.29, 1.82) is 0 Å². The Bertz CT molecular complexity index is 787. The van der Waals surface area contributed by atoms with Crippen LogP contribution in [0, 0.1) is 5.92 Å². The summed E-state index contributed by atoms with van der Waals surface area (Å²) in [7, 11) is 1.93. The maximum atomic E-state index is 13.1. The molecule has 1 amide bonds. The average Bonchev–Trinajstić information content (AvgIpc) is 2.68. The molecular formula is C21H23ClN2O2. The lowest BCUT2D eigenvalue weighted by atomic mass is 9.94. The Balaban J connectivity index is 1.85. The number of amides is 1. The fourth-order valence-electron chi connectivity index (χ4n) is 3.50. The molecule has 0 aliphatic carbocycles. The van der Waals surface area contributed by atoms with Crippen molar-refractivity contribution >= 4 is 23.3 Å². The number of benzene rings is 2. The molecule has 2 aromatic rings. The van der Waals surface area contributed by atoms with E-state index < -0.39 is 0 Å². The summed E-state index contributed by atoms with van der Waals surface area (Å²) in [5, 5.41) is 3.77. The van der Waals surface area contributed by atoms with E-state index in [4.69, 9.17) is 11.6 Å². The van der Waals surface area contributed by atoms with Gasteiger partial charge >= 0.3 is 0 Å². The van der Waals surface area contributed by atoms with E-state index in [1.165, 1.54) is 0 Å². The molecule has 3 rings (SSSR count). The summed E-state index contributed by atoms with van der Waals surface area (Å²) < 4.78 is 0. The first-order chi connectivity index (χ1) is 12.6. The second-order valence-electron chi connectivity index (χ2n) is 6.70. The molecule has 1 aliphatic rings. The highest BCUT2D eigenvalue weighted by Gasteiger charge is 2.27. The van der Waals surface area contributed by atoms with E-state index in [0.29, 0.717) is 27.6 Å². The summed E-state index contributed by atoms with van der Waals surface area (Å²) in [5.41, 5.74) is 1.44. The van der Waals surface area contributed by atoms with Gasteiger partial charge in [-0.1, -0.05) is 29.8 Å². The van der Waals surface area contributed by atoms with Crippen LogP contribution in [0.15, 0.2) is 48.5 Å². The highest BCUT2D eigenvalue weighted by molar-refractivity contribution is 6.30. The van der Waals surface area contributed by atoms with E-state index >= 15 is 0 Å². The van der Waals surface area contributed by atoms with E-state index in [1.807, 2.05) is 11.9 Å². The Hall–Kier alpha value is -2.17. The molecule has 2 aromatic carbocycles. The maximum absolute atomic E-state index is 13.1. The fourth-order valence-corrected chi connectivity index (χ4v) is 3.63. The molecule has 0 radical (unpaired) electrons. The minimum atomic E-state index is -0.158. The molecule has 1 fully saturated rings. The van der Waals surface area contributed by atoms with Crippen LogP contribution in [0.3, 0.4) is 0 Å². The van der Waals surface area contributed by atoms with Crippen molar-refractivity contribution in [1.82, 2.24) is 10.2 Å². The molecule has 0 aromatic heterocycles. The van der Waals surface area contributed by atoms with Gasteiger partial charge in [0.2, 0.25) is 0 Å². The van der Waals surface area contributed by atoms with Crippen LogP contribution in [0.1, 0.15) is 39.1 Å². The van der Waals surface area contributed by atoms with Gasteiger partial charge in [0.25, 0.3) is 5.91 Å². The van der Waals surface area contributed by atoms with E-state index in [2.05, 4.69) is 5.32 Å². The molecule has 136 valence electrons. The van der Waals surface area contributed by atoms with Crippen LogP contribution in [-0.2, 0) is 0 Å². The lowest BCUT2D eigenvalue weighted by Crippen LogP contribution is -2.42. The summed E-state index contributed by atoms with van der Waals surface area (Å²) >= 11 is 5.91. The summed E-state index contributed by atoms with van der Waals surface area (Å²) in [5.74, 6) is 0.231. The third kappa shape index (κ3) is 4.14. The van der Waals surface area contributed by atoms with Crippen LogP contribution in [0.25, 0.3) is 0 Å². The molecule has 5 heteroatoms. The van der Waals surface area contributed by atoms with Crippen molar-refractivity contribution in [2.75, 3.05) is 26.7 Å². The van der Waals surface area contributed by atoms with Crippen molar-refractivity contribution in [3.8, 4) is 0 Å². The molecule has 0 unspecified atom stereocenters. The van der Waals surface area contributed by atoms with Crippen molar-refractivity contribution in [3.63, 3.8) is 0 Å². The molecular weight excluding hydrogens is 348 g/mol. The zero-order valence-corrected chi connectivity index (χ0v) is 15.6. The van der Waals surface area contributed by atoms with Crippen molar-refractivity contribution in [2.24, 2.45) is 5.92 Å². The van der Waals surface area contributed by atoms with Crippen LogP contribution in [0.4, 0.5) is 0 Å². The van der Waals surface area contributed by atoms with Crippen LogP contribution < -0.4 is 5.32 Å². The van der Waals surface area contributed by atoms with E-state index in [9.17, 15) is 9.59 Å². The highest BCUT2D eigenvalue weighted by atomic mass is 35.5. The third-order valence-electron chi connectivity index (χ3n) is 4.81. The SMILES string of the molecule is CNC[C@@H]1CCCN(C(=O)c2ccccc2C(=O)c2ccc(Cl)cc2)C1. The van der Waals surface area contributed by atoms with Crippen molar-refractivity contribution in [2.45, 2.75) is 12.8 Å². The topological polar surface area (TPSA) is 49.4 Å². The predicted octanol–water partition coefficient (Wildman–Crippen LogP) is 3.64. The minimum Gasteiger partial charge on any atom is -0.338 e. The Kier molecular flexibility index (Phi) is 6.07. The normalized spacial score (nSPS) is 17.2. The largest absolute Gasteiger partial charge is 0.338 e. The molecule has 0 bridgehead atoms. The summed E-state index contributed by atoms with van der Waals surface area (Å²) in [6, 6.07) is 13.8. The number of likely N-dealkylation sites (tertiary alicyclic amines) is 1. The van der Waals surface area contributed by atoms with Crippen LogP contribution >= 0.6 is 11.6 Å². The number of nitrogens with zero attached hydrogens (tertiary/aromatic N) is 1. The van der Waals surface area contributed by atoms with Gasteiger partial charge in [0.1, 0.15) is 0 Å². The average molecular weight is 371 g/mol. The molecule has 0 spiro atoms. The van der Waals surface area contributed by atoms with Gasteiger partial charge in [-0.25, -0.2) is 0 Å². The van der Waals surface area contributed by atoms with Crippen molar-refractivity contribution < 1.29 is 9.59 Å². The molecule has 1 N–H and O–H groups in total. The molecule has 1 atom stereocenters. The number of piperidine rings is 1. The van der Waals surface area contributed by atoms with Gasteiger partial charge in [-0.05, 0) is 62.7 Å². The predicted molar refractivity (Wildman–Crippen MR) is 104 cm³/mol. The zero-order valence-electron chi connectivity index (χ0n) is 14.9. The smallest absolute Gasteiger partial charge is 0.254 e. The monoisotopic (exact) mass is 370 g/mol. The Morgan fingerprint density at radius 3 is 2.50 bits per heavy atom.